The number of ether oxygens (including phenoxy) is 1. The fraction of sp³-hybridized carbons (Fsp3) is 0.133. The van der Waals surface area contributed by atoms with E-state index in [4.69, 9.17) is 4.74 Å². The van der Waals surface area contributed by atoms with E-state index in [2.05, 4.69) is 12.1 Å². The molecular weight excluding hydrogens is 226 g/mol. The molecule has 0 unspecified atom stereocenters. The highest BCUT2D eigenvalue weighted by Crippen LogP contribution is 2.28. The van der Waals surface area contributed by atoms with Crippen molar-refractivity contribution in [1.29, 1.82) is 0 Å². The van der Waals surface area contributed by atoms with Crippen LogP contribution in [0.5, 0.6) is 0 Å². The quantitative estimate of drug-likeness (QED) is 0.642. The Labute approximate surface area is 105 Å². The van der Waals surface area contributed by atoms with Crippen LogP contribution in [0.4, 0.5) is 0 Å². The minimum absolute atomic E-state index is 0.253. The van der Waals surface area contributed by atoms with Crippen molar-refractivity contribution < 1.29 is 9.53 Å². The van der Waals surface area contributed by atoms with E-state index in [1.54, 1.807) is 0 Å². The molecule has 18 heavy (non-hydrogen) atoms. The van der Waals surface area contributed by atoms with Crippen LogP contribution in [0.15, 0.2) is 48.5 Å². The summed E-state index contributed by atoms with van der Waals surface area (Å²) in [6, 6.07) is 16.3. The fourth-order valence-electron chi connectivity index (χ4n) is 2.30. The number of fused-ring (bicyclic) bond motifs is 3. The number of hydrogen-bond acceptors (Lipinski definition) is 2. The van der Waals surface area contributed by atoms with Gasteiger partial charge in [0.1, 0.15) is 0 Å². The average Bonchev–Trinajstić information content (AvgIpc) is 2.71. The van der Waals surface area contributed by atoms with E-state index in [-0.39, 0.29) is 12.7 Å². The highest BCUT2D eigenvalue weighted by atomic mass is 16.5. The molecule has 0 radical (unpaired) electrons. The van der Waals surface area contributed by atoms with Crippen LogP contribution in [0.3, 0.4) is 0 Å². The topological polar surface area (TPSA) is 31.2 Å². The maximum Gasteiger partial charge on any atom is 0.304 e. The lowest BCUT2D eigenvalue weighted by Gasteiger charge is -2.06. The van der Waals surface area contributed by atoms with Crippen LogP contribution < -0.4 is 0 Å². The molecule has 0 saturated carbocycles. The summed E-state index contributed by atoms with van der Waals surface area (Å²) < 4.78 is 7.15. The van der Waals surface area contributed by atoms with Crippen molar-refractivity contribution in [3.05, 3.63) is 48.5 Å². The third-order valence-corrected chi connectivity index (χ3v) is 3.08. The van der Waals surface area contributed by atoms with Crippen molar-refractivity contribution >= 4 is 27.8 Å². The third kappa shape index (κ3) is 1.64. The highest BCUT2D eigenvalue weighted by molar-refractivity contribution is 6.07. The van der Waals surface area contributed by atoms with Crippen LogP contribution in [0, 0.1) is 0 Å². The Morgan fingerprint density at radius 1 is 1.00 bits per heavy atom. The van der Waals surface area contributed by atoms with Gasteiger partial charge < -0.3 is 9.30 Å². The summed E-state index contributed by atoms with van der Waals surface area (Å²) in [6.45, 7) is 1.68. The Kier molecular flexibility index (Phi) is 2.52. The van der Waals surface area contributed by atoms with Gasteiger partial charge in [0, 0.05) is 17.7 Å². The number of hydrogen-bond donors (Lipinski definition) is 0. The molecule has 0 bridgehead atoms. The van der Waals surface area contributed by atoms with Gasteiger partial charge in [-0.3, -0.25) is 4.79 Å². The van der Waals surface area contributed by atoms with Crippen molar-refractivity contribution in [3.8, 4) is 0 Å². The minimum atomic E-state index is -0.267. The molecule has 0 fully saturated rings. The maximum absolute atomic E-state index is 11.0. The molecule has 1 aromatic heterocycles. The fourth-order valence-corrected chi connectivity index (χ4v) is 2.30. The highest BCUT2D eigenvalue weighted by Gasteiger charge is 2.09. The number of aromatic nitrogens is 1. The van der Waals surface area contributed by atoms with Crippen molar-refractivity contribution in [3.63, 3.8) is 0 Å². The summed E-state index contributed by atoms with van der Waals surface area (Å²) in [5, 5.41) is 2.36. The van der Waals surface area contributed by atoms with Gasteiger partial charge in [0.25, 0.3) is 0 Å². The Morgan fingerprint density at radius 3 is 2.00 bits per heavy atom. The van der Waals surface area contributed by atoms with E-state index in [9.17, 15) is 4.79 Å². The van der Waals surface area contributed by atoms with E-state index in [1.807, 2.05) is 41.0 Å². The van der Waals surface area contributed by atoms with Crippen molar-refractivity contribution in [1.82, 2.24) is 4.57 Å². The zero-order valence-electron chi connectivity index (χ0n) is 10.1. The summed E-state index contributed by atoms with van der Waals surface area (Å²) >= 11 is 0. The van der Waals surface area contributed by atoms with E-state index in [0.29, 0.717) is 0 Å². The molecule has 0 aliphatic heterocycles. The lowest BCUT2D eigenvalue weighted by molar-refractivity contribution is -0.144. The van der Waals surface area contributed by atoms with Gasteiger partial charge in [-0.25, -0.2) is 0 Å². The molecule has 0 N–H and O–H groups in total. The maximum atomic E-state index is 11.0. The first-order valence-electron chi connectivity index (χ1n) is 5.87. The van der Waals surface area contributed by atoms with Gasteiger partial charge in [0.15, 0.2) is 6.73 Å². The van der Waals surface area contributed by atoms with Gasteiger partial charge in [-0.1, -0.05) is 36.4 Å². The number of nitrogens with zero attached hydrogens (tertiary/aromatic N) is 1. The zero-order chi connectivity index (χ0) is 12.5. The number of carbonyl (C=O) groups excluding carboxylic acids is 1. The minimum Gasteiger partial charge on any atom is -0.444 e. The molecule has 0 atom stereocenters. The van der Waals surface area contributed by atoms with E-state index in [1.165, 1.54) is 17.7 Å². The molecule has 0 spiro atoms. The summed E-state index contributed by atoms with van der Waals surface area (Å²) in [7, 11) is 0. The molecule has 90 valence electrons. The first-order chi connectivity index (χ1) is 8.77. The standard InChI is InChI=1S/C15H13NO2/c1-11(17)18-10-16-14-8-4-2-6-12(14)13-7-3-5-9-15(13)16/h2-9H,10H2,1H3. The average molecular weight is 239 g/mol. The van der Waals surface area contributed by atoms with Gasteiger partial charge in [-0.05, 0) is 12.1 Å². The summed E-state index contributed by atoms with van der Waals surface area (Å²) in [6.07, 6.45) is 0. The van der Waals surface area contributed by atoms with Crippen LogP contribution in [-0.4, -0.2) is 10.5 Å². The predicted octanol–water partition coefficient (Wildman–Crippen LogP) is 3.32. The lowest BCUT2D eigenvalue weighted by Crippen LogP contribution is -2.05. The molecular formula is C15H13NO2. The Bertz CT molecular complexity index is 674. The number of rotatable bonds is 2. The molecule has 3 nitrogen and oxygen atoms in total. The number of carbonyl (C=O) groups is 1. The third-order valence-electron chi connectivity index (χ3n) is 3.08. The van der Waals surface area contributed by atoms with Crippen LogP contribution >= 0.6 is 0 Å². The van der Waals surface area contributed by atoms with Gasteiger partial charge in [0.2, 0.25) is 0 Å². The number of benzene rings is 2. The molecule has 2 aromatic carbocycles. The Balaban J connectivity index is 2.27. The SMILES string of the molecule is CC(=O)OCn1c2ccccc2c2ccccc21. The normalized spacial score (nSPS) is 10.9. The second-order valence-electron chi connectivity index (χ2n) is 4.23. The van der Waals surface area contributed by atoms with Crippen LogP contribution in [0.1, 0.15) is 6.92 Å². The lowest BCUT2D eigenvalue weighted by atomic mass is 10.2. The van der Waals surface area contributed by atoms with Crippen LogP contribution in [-0.2, 0) is 16.3 Å². The van der Waals surface area contributed by atoms with Gasteiger partial charge in [-0.15, -0.1) is 0 Å². The van der Waals surface area contributed by atoms with Crippen molar-refractivity contribution in [2.24, 2.45) is 0 Å². The van der Waals surface area contributed by atoms with Crippen molar-refractivity contribution in [2.45, 2.75) is 13.7 Å². The molecule has 0 amide bonds. The zero-order valence-corrected chi connectivity index (χ0v) is 10.1. The second-order valence-corrected chi connectivity index (χ2v) is 4.23. The molecule has 0 aliphatic carbocycles. The largest absolute Gasteiger partial charge is 0.444 e. The summed E-state index contributed by atoms with van der Waals surface area (Å²) in [4.78, 5) is 11.0. The van der Waals surface area contributed by atoms with E-state index < -0.39 is 0 Å². The van der Waals surface area contributed by atoms with Gasteiger partial charge in [0.05, 0.1) is 11.0 Å². The molecule has 0 aliphatic rings. The number of esters is 1. The number of para-hydroxylation sites is 2. The first kappa shape index (κ1) is 10.8. The molecule has 3 heteroatoms. The van der Waals surface area contributed by atoms with E-state index in [0.717, 1.165) is 11.0 Å². The molecule has 3 aromatic rings. The molecule has 1 heterocycles. The van der Waals surface area contributed by atoms with Crippen LogP contribution in [0.25, 0.3) is 21.8 Å². The Hall–Kier alpha value is -2.29. The summed E-state index contributed by atoms with van der Waals surface area (Å²) in [5.41, 5.74) is 2.17. The molecule has 0 saturated heterocycles. The Morgan fingerprint density at radius 2 is 1.50 bits per heavy atom. The predicted molar refractivity (Wildman–Crippen MR) is 71.2 cm³/mol. The monoisotopic (exact) mass is 239 g/mol. The summed E-state index contributed by atoms with van der Waals surface area (Å²) in [5.74, 6) is -0.267. The van der Waals surface area contributed by atoms with E-state index >= 15 is 0 Å². The van der Waals surface area contributed by atoms with Gasteiger partial charge in [-0.2, -0.15) is 0 Å². The molecule has 3 rings (SSSR count). The van der Waals surface area contributed by atoms with Crippen LogP contribution in [0.2, 0.25) is 0 Å². The van der Waals surface area contributed by atoms with Crippen molar-refractivity contribution in [2.75, 3.05) is 0 Å². The second kappa shape index (κ2) is 4.18. The first-order valence-corrected chi connectivity index (χ1v) is 5.87. The van der Waals surface area contributed by atoms with Gasteiger partial charge >= 0.3 is 5.97 Å². The smallest absolute Gasteiger partial charge is 0.304 e.